The Hall–Kier alpha value is -2.63. The molecular weight excluding hydrogens is 340 g/mol. The second kappa shape index (κ2) is 8.37. The minimum atomic E-state index is -0.0543. The Kier molecular flexibility index (Phi) is 5.94. The standard InChI is InChI=1S/C21H28N4O2/c1-14(2)18-13-19(24-21(22)23-18)20(27)25-12-4-3-5-16(25)9-6-15-7-10-17(26)11-8-15/h7-8,10-11,13-14,16,26H,3-6,9,12H2,1-2H3,(H2,22,23,24). The van der Waals surface area contributed by atoms with Gasteiger partial charge in [-0.05, 0) is 61.8 Å². The number of likely N-dealkylation sites (tertiary alicyclic amines) is 1. The maximum Gasteiger partial charge on any atom is 0.272 e. The number of anilines is 1. The molecule has 0 saturated carbocycles. The highest BCUT2D eigenvalue weighted by atomic mass is 16.3. The van der Waals surface area contributed by atoms with Crippen LogP contribution in [0.15, 0.2) is 30.3 Å². The SMILES string of the molecule is CC(C)c1cc(C(=O)N2CCCCC2CCc2ccc(O)cc2)nc(N)n1. The minimum absolute atomic E-state index is 0.0543. The summed E-state index contributed by atoms with van der Waals surface area (Å²) in [4.78, 5) is 23.5. The molecule has 1 amide bonds. The van der Waals surface area contributed by atoms with Gasteiger partial charge in [0.05, 0.1) is 0 Å². The number of nitrogens with two attached hydrogens (primary N) is 1. The second-order valence-corrected chi connectivity index (χ2v) is 7.54. The summed E-state index contributed by atoms with van der Waals surface area (Å²) in [6, 6.07) is 9.25. The number of phenols is 1. The fraction of sp³-hybridized carbons (Fsp3) is 0.476. The lowest BCUT2D eigenvalue weighted by Crippen LogP contribution is -2.44. The summed E-state index contributed by atoms with van der Waals surface area (Å²) >= 11 is 0. The lowest BCUT2D eigenvalue weighted by atomic mass is 9.95. The molecular formula is C21H28N4O2. The van der Waals surface area contributed by atoms with Gasteiger partial charge in [-0.3, -0.25) is 4.79 Å². The topological polar surface area (TPSA) is 92.3 Å². The zero-order valence-corrected chi connectivity index (χ0v) is 16.1. The number of carbonyl (C=O) groups is 1. The Labute approximate surface area is 160 Å². The molecule has 3 rings (SSSR count). The molecule has 1 aromatic heterocycles. The van der Waals surface area contributed by atoms with Crippen LogP contribution in [-0.4, -0.2) is 38.5 Å². The van der Waals surface area contributed by atoms with Gasteiger partial charge in [-0.2, -0.15) is 0 Å². The predicted molar refractivity (Wildman–Crippen MR) is 106 cm³/mol. The Bertz CT molecular complexity index is 789. The van der Waals surface area contributed by atoms with Gasteiger partial charge in [0.1, 0.15) is 11.4 Å². The maximum atomic E-state index is 13.1. The molecule has 2 heterocycles. The number of amides is 1. The van der Waals surface area contributed by atoms with Gasteiger partial charge in [-0.15, -0.1) is 0 Å². The number of benzene rings is 1. The second-order valence-electron chi connectivity index (χ2n) is 7.54. The van der Waals surface area contributed by atoms with Gasteiger partial charge in [0.25, 0.3) is 5.91 Å². The number of aromatic nitrogens is 2. The molecule has 0 spiro atoms. The molecule has 1 saturated heterocycles. The number of phenolic OH excluding ortho intramolecular Hbond substituents is 1. The number of aromatic hydroxyl groups is 1. The molecule has 2 aromatic rings. The highest BCUT2D eigenvalue weighted by Crippen LogP contribution is 2.24. The molecule has 0 bridgehead atoms. The van der Waals surface area contributed by atoms with Gasteiger partial charge >= 0.3 is 0 Å². The van der Waals surface area contributed by atoms with Crippen LogP contribution in [0.25, 0.3) is 0 Å². The molecule has 1 fully saturated rings. The van der Waals surface area contributed by atoms with Crippen LogP contribution in [0.4, 0.5) is 5.95 Å². The van der Waals surface area contributed by atoms with E-state index < -0.39 is 0 Å². The summed E-state index contributed by atoms with van der Waals surface area (Å²) in [7, 11) is 0. The van der Waals surface area contributed by atoms with E-state index in [1.165, 1.54) is 5.56 Å². The van der Waals surface area contributed by atoms with Crippen LogP contribution in [0.3, 0.4) is 0 Å². The Balaban J connectivity index is 1.74. The van der Waals surface area contributed by atoms with Crippen LogP contribution in [0.1, 0.15) is 67.2 Å². The van der Waals surface area contributed by atoms with Crippen LogP contribution in [0, 0.1) is 0 Å². The van der Waals surface area contributed by atoms with E-state index in [0.717, 1.165) is 44.3 Å². The normalized spacial score (nSPS) is 17.3. The lowest BCUT2D eigenvalue weighted by molar-refractivity contribution is 0.0595. The van der Waals surface area contributed by atoms with Crippen molar-refractivity contribution in [3.63, 3.8) is 0 Å². The van der Waals surface area contributed by atoms with E-state index in [4.69, 9.17) is 5.73 Å². The number of piperidine rings is 1. The third kappa shape index (κ3) is 4.76. The zero-order valence-electron chi connectivity index (χ0n) is 16.1. The van der Waals surface area contributed by atoms with E-state index in [-0.39, 0.29) is 29.6 Å². The Morgan fingerprint density at radius 2 is 2.00 bits per heavy atom. The van der Waals surface area contributed by atoms with Crippen molar-refractivity contribution in [3.8, 4) is 5.75 Å². The van der Waals surface area contributed by atoms with Gasteiger partial charge in [-0.1, -0.05) is 26.0 Å². The molecule has 1 aromatic carbocycles. The van der Waals surface area contributed by atoms with Crippen molar-refractivity contribution in [2.75, 3.05) is 12.3 Å². The average molecular weight is 368 g/mol. The molecule has 1 atom stereocenters. The molecule has 0 radical (unpaired) electrons. The highest BCUT2D eigenvalue weighted by molar-refractivity contribution is 5.93. The van der Waals surface area contributed by atoms with Crippen molar-refractivity contribution in [2.24, 2.45) is 0 Å². The van der Waals surface area contributed by atoms with Crippen LogP contribution in [0.2, 0.25) is 0 Å². The number of hydrogen-bond acceptors (Lipinski definition) is 5. The van der Waals surface area contributed by atoms with Gasteiger partial charge < -0.3 is 15.7 Å². The fourth-order valence-electron chi connectivity index (χ4n) is 3.60. The van der Waals surface area contributed by atoms with Gasteiger partial charge in [0, 0.05) is 18.3 Å². The molecule has 144 valence electrons. The fourth-order valence-corrected chi connectivity index (χ4v) is 3.60. The van der Waals surface area contributed by atoms with Gasteiger partial charge in [0.15, 0.2) is 0 Å². The number of nitrogen functional groups attached to an aromatic ring is 1. The predicted octanol–water partition coefficient (Wildman–Crippen LogP) is 3.52. The van der Waals surface area contributed by atoms with Crippen LogP contribution in [0.5, 0.6) is 5.75 Å². The van der Waals surface area contributed by atoms with Crippen LogP contribution in [-0.2, 0) is 6.42 Å². The molecule has 0 aliphatic carbocycles. The summed E-state index contributed by atoms with van der Waals surface area (Å²) in [6.07, 6.45) is 4.92. The first-order valence-corrected chi connectivity index (χ1v) is 9.67. The van der Waals surface area contributed by atoms with Gasteiger partial charge in [-0.25, -0.2) is 9.97 Å². The average Bonchev–Trinajstić information content (AvgIpc) is 2.66. The van der Waals surface area contributed by atoms with E-state index in [1.807, 2.05) is 30.9 Å². The quantitative estimate of drug-likeness (QED) is 0.842. The molecule has 1 aliphatic rings. The first-order valence-electron chi connectivity index (χ1n) is 9.67. The Morgan fingerprint density at radius 3 is 2.70 bits per heavy atom. The van der Waals surface area contributed by atoms with E-state index in [2.05, 4.69) is 9.97 Å². The molecule has 27 heavy (non-hydrogen) atoms. The van der Waals surface area contributed by atoms with Crippen molar-refractivity contribution >= 4 is 11.9 Å². The number of nitrogens with zero attached hydrogens (tertiary/aromatic N) is 3. The number of rotatable bonds is 5. The first-order chi connectivity index (χ1) is 12.9. The minimum Gasteiger partial charge on any atom is -0.508 e. The lowest BCUT2D eigenvalue weighted by Gasteiger charge is -2.36. The highest BCUT2D eigenvalue weighted by Gasteiger charge is 2.28. The van der Waals surface area contributed by atoms with E-state index >= 15 is 0 Å². The van der Waals surface area contributed by atoms with Crippen molar-refractivity contribution in [2.45, 2.75) is 57.9 Å². The summed E-state index contributed by atoms with van der Waals surface area (Å²) in [5.74, 6) is 0.563. The molecule has 6 nitrogen and oxygen atoms in total. The van der Waals surface area contributed by atoms with Crippen LogP contribution < -0.4 is 5.73 Å². The monoisotopic (exact) mass is 368 g/mol. The largest absolute Gasteiger partial charge is 0.508 e. The van der Waals surface area contributed by atoms with Crippen molar-refractivity contribution in [1.29, 1.82) is 0 Å². The summed E-state index contributed by atoms with van der Waals surface area (Å²) in [6.45, 7) is 4.80. The van der Waals surface area contributed by atoms with E-state index in [0.29, 0.717) is 5.69 Å². The van der Waals surface area contributed by atoms with Crippen molar-refractivity contribution in [3.05, 3.63) is 47.3 Å². The summed E-state index contributed by atoms with van der Waals surface area (Å²) in [5, 5.41) is 9.42. The number of carbonyl (C=O) groups excluding carboxylic acids is 1. The van der Waals surface area contributed by atoms with Crippen molar-refractivity contribution in [1.82, 2.24) is 14.9 Å². The molecule has 6 heteroatoms. The molecule has 1 aliphatic heterocycles. The van der Waals surface area contributed by atoms with E-state index in [1.54, 1.807) is 18.2 Å². The zero-order chi connectivity index (χ0) is 19.4. The maximum absolute atomic E-state index is 13.1. The van der Waals surface area contributed by atoms with Crippen LogP contribution >= 0.6 is 0 Å². The van der Waals surface area contributed by atoms with E-state index in [9.17, 15) is 9.90 Å². The van der Waals surface area contributed by atoms with Crippen molar-refractivity contribution < 1.29 is 9.90 Å². The third-order valence-corrected chi connectivity index (χ3v) is 5.16. The Morgan fingerprint density at radius 1 is 1.26 bits per heavy atom. The smallest absolute Gasteiger partial charge is 0.272 e. The number of hydrogen-bond donors (Lipinski definition) is 2. The third-order valence-electron chi connectivity index (χ3n) is 5.16. The molecule has 3 N–H and O–H groups in total. The summed E-state index contributed by atoms with van der Waals surface area (Å²) in [5.41, 5.74) is 8.18. The molecule has 1 unspecified atom stereocenters. The summed E-state index contributed by atoms with van der Waals surface area (Å²) < 4.78 is 0. The number of aryl methyl sites for hydroxylation is 1. The van der Waals surface area contributed by atoms with Gasteiger partial charge in [0.2, 0.25) is 5.95 Å². The first kappa shape index (κ1) is 19.1.